The van der Waals surface area contributed by atoms with Gasteiger partial charge in [-0.2, -0.15) is 0 Å². The maximum Gasteiger partial charge on any atom is 0.234 e. The zero-order valence-corrected chi connectivity index (χ0v) is 14.4. The minimum absolute atomic E-state index is 0. The molecule has 1 heterocycles. The van der Waals surface area contributed by atoms with Crippen molar-refractivity contribution in [2.24, 2.45) is 11.7 Å². The minimum atomic E-state index is -0.233. The summed E-state index contributed by atoms with van der Waals surface area (Å²) in [5, 5.41) is 2.93. The molecule has 1 atom stereocenters. The normalized spacial score (nSPS) is 17.3. The monoisotopic (exact) mass is 343 g/mol. The second kappa shape index (κ2) is 9.85. The summed E-state index contributed by atoms with van der Waals surface area (Å²) < 4.78 is 12.8. The van der Waals surface area contributed by atoms with Gasteiger partial charge in [-0.25, -0.2) is 4.39 Å². The summed E-state index contributed by atoms with van der Waals surface area (Å²) in [4.78, 5) is 14.1. The first-order valence-electron chi connectivity index (χ1n) is 8.03. The Morgan fingerprint density at radius 2 is 1.96 bits per heavy atom. The van der Waals surface area contributed by atoms with E-state index in [0.29, 0.717) is 19.0 Å². The first-order valence-corrected chi connectivity index (χ1v) is 8.03. The molecule has 1 aliphatic heterocycles. The molecule has 0 aliphatic carbocycles. The number of benzene rings is 1. The van der Waals surface area contributed by atoms with E-state index in [9.17, 15) is 9.18 Å². The van der Waals surface area contributed by atoms with Crippen LogP contribution < -0.4 is 11.1 Å². The van der Waals surface area contributed by atoms with Crippen molar-refractivity contribution in [3.63, 3.8) is 0 Å². The van der Waals surface area contributed by atoms with Gasteiger partial charge in [0, 0.05) is 12.6 Å². The quantitative estimate of drug-likeness (QED) is 0.830. The highest BCUT2D eigenvalue weighted by Crippen LogP contribution is 2.18. The van der Waals surface area contributed by atoms with Crippen molar-refractivity contribution in [1.82, 2.24) is 10.2 Å². The van der Waals surface area contributed by atoms with Gasteiger partial charge < -0.3 is 11.1 Å². The predicted octanol–water partition coefficient (Wildman–Crippen LogP) is 1.97. The van der Waals surface area contributed by atoms with Crippen molar-refractivity contribution in [3.05, 3.63) is 35.6 Å². The lowest BCUT2D eigenvalue weighted by molar-refractivity contribution is -0.122. The number of rotatable bonds is 6. The minimum Gasteiger partial charge on any atom is -0.355 e. The van der Waals surface area contributed by atoms with Crippen molar-refractivity contribution in [1.29, 1.82) is 0 Å². The van der Waals surface area contributed by atoms with E-state index in [1.165, 1.54) is 12.1 Å². The predicted molar refractivity (Wildman–Crippen MR) is 93.2 cm³/mol. The van der Waals surface area contributed by atoms with E-state index < -0.39 is 0 Å². The van der Waals surface area contributed by atoms with E-state index in [1.807, 2.05) is 0 Å². The molecular weight excluding hydrogens is 317 g/mol. The molecule has 0 aromatic heterocycles. The molecule has 0 spiro atoms. The fraction of sp³-hybridized carbons (Fsp3) is 0.588. The first kappa shape index (κ1) is 19.9. The number of likely N-dealkylation sites (tertiary alicyclic amines) is 1. The summed E-state index contributed by atoms with van der Waals surface area (Å²) in [6.45, 7) is 4.98. The molecule has 1 aromatic rings. The third-order valence-corrected chi connectivity index (χ3v) is 4.39. The van der Waals surface area contributed by atoms with Crippen LogP contribution >= 0.6 is 12.4 Å². The highest BCUT2D eigenvalue weighted by atomic mass is 35.5. The van der Waals surface area contributed by atoms with Crippen LogP contribution in [0, 0.1) is 11.7 Å². The van der Waals surface area contributed by atoms with Crippen molar-refractivity contribution in [3.8, 4) is 0 Å². The van der Waals surface area contributed by atoms with Gasteiger partial charge in [0.1, 0.15) is 5.82 Å². The SMILES string of the molecule is CC(N)C1CCN(CC(=O)NCCc2ccc(F)cc2)CC1.Cl. The van der Waals surface area contributed by atoms with E-state index in [2.05, 4.69) is 17.1 Å². The Bertz CT molecular complexity index is 473. The van der Waals surface area contributed by atoms with Gasteiger partial charge in [-0.05, 0) is 62.9 Å². The zero-order chi connectivity index (χ0) is 15.9. The van der Waals surface area contributed by atoms with Crippen LogP contribution in [-0.4, -0.2) is 43.0 Å². The Balaban J connectivity index is 0.00000264. The second-order valence-electron chi connectivity index (χ2n) is 6.20. The lowest BCUT2D eigenvalue weighted by atomic mass is 9.91. The maximum atomic E-state index is 12.8. The second-order valence-corrected chi connectivity index (χ2v) is 6.20. The molecule has 1 fully saturated rings. The lowest BCUT2D eigenvalue weighted by Crippen LogP contribution is -2.44. The molecule has 1 saturated heterocycles. The molecule has 1 aliphatic rings. The van der Waals surface area contributed by atoms with Gasteiger partial charge in [0.2, 0.25) is 5.91 Å². The summed E-state index contributed by atoms with van der Waals surface area (Å²) in [5.74, 6) is 0.405. The van der Waals surface area contributed by atoms with Crippen LogP contribution in [0.2, 0.25) is 0 Å². The zero-order valence-electron chi connectivity index (χ0n) is 13.6. The summed E-state index contributed by atoms with van der Waals surface area (Å²) in [6, 6.07) is 6.63. The van der Waals surface area contributed by atoms with Gasteiger partial charge in [-0.3, -0.25) is 9.69 Å². The Morgan fingerprint density at radius 1 is 1.35 bits per heavy atom. The van der Waals surface area contributed by atoms with Gasteiger partial charge in [0.05, 0.1) is 6.54 Å². The van der Waals surface area contributed by atoms with Crippen LogP contribution in [0.3, 0.4) is 0 Å². The van der Waals surface area contributed by atoms with Gasteiger partial charge in [-0.15, -0.1) is 12.4 Å². The van der Waals surface area contributed by atoms with Crippen molar-refractivity contribution >= 4 is 18.3 Å². The van der Waals surface area contributed by atoms with E-state index in [0.717, 1.165) is 37.9 Å². The van der Waals surface area contributed by atoms with E-state index >= 15 is 0 Å². The van der Waals surface area contributed by atoms with Crippen molar-refractivity contribution in [2.75, 3.05) is 26.2 Å². The largest absolute Gasteiger partial charge is 0.355 e. The van der Waals surface area contributed by atoms with Crippen LogP contribution in [0.1, 0.15) is 25.3 Å². The number of carbonyl (C=O) groups excluding carboxylic acids is 1. The third-order valence-electron chi connectivity index (χ3n) is 4.39. The molecule has 0 saturated carbocycles. The van der Waals surface area contributed by atoms with Crippen molar-refractivity contribution < 1.29 is 9.18 Å². The van der Waals surface area contributed by atoms with E-state index in [4.69, 9.17) is 5.73 Å². The van der Waals surface area contributed by atoms with Crippen molar-refractivity contribution in [2.45, 2.75) is 32.2 Å². The number of halogens is 2. The number of piperidine rings is 1. The Morgan fingerprint density at radius 3 is 2.52 bits per heavy atom. The highest BCUT2D eigenvalue weighted by Gasteiger charge is 2.22. The average molecular weight is 344 g/mol. The van der Waals surface area contributed by atoms with Gasteiger partial charge in [-0.1, -0.05) is 12.1 Å². The fourth-order valence-corrected chi connectivity index (χ4v) is 2.89. The fourth-order valence-electron chi connectivity index (χ4n) is 2.89. The standard InChI is InChI=1S/C17H26FN3O.ClH/c1-13(19)15-7-10-21(11-8-15)12-17(22)20-9-6-14-2-4-16(18)5-3-14;/h2-5,13,15H,6-12,19H2,1H3,(H,20,22);1H. The van der Waals surface area contributed by atoms with Crippen LogP contribution in [0.25, 0.3) is 0 Å². The van der Waals surface area contributed by atoms with Gasteiger partial charge in [0.15, 0.2) is 0 Å². The molecule has 23 heavy (non-hydrogen) atoms. The Kier molecular flexibility index (Phi) is 8.52. The summed E-state index contributed by atoms with van der Waals surface area (Å²) in [7, 11) is 0. The average Bonchev–Trinajstić information content (AvgIpc) is 2.50. The smallest absolute Gasteiger partial charge is 0.234 e. The van der Waals surface area contributed by atoms with Gasteiger partial charge >= 0.3 is 0 Å². The number of nitrogens with zero attached hydrogens (tertiary/aromatic N) is 1. The van der Waals surface area contributed by atoms with Gasteiger partial charge in [0.25, 0.3) is 0 Å². The molecule has 1 unspecified atom stereocenters. The number of carbonyl (C=O) groups is 1. The lowest BCUT2D eigenvalue weighted by Gasteiger charge is -2.33. The molecule has 6 heteroatoms. The summed E-state index contributed by atoms with van der Waals surface area (Å²) in [5.41, 5.74) is 6.95. The van der Waals surface area contributed by atoms with Crippen LogP contribution in [0.5, 0.6) is 0 Å². The number of hydrogen-bond acceptors (Lipinski definition) is 3. The maximum absolute atomic E-state index is 12.8. The molecule has 3 N–H and O–H groups in total. The van der Waals surface area contributed by atoms with Crippen LogP contribution in [0.15, 0.2) is 24.3 Å². The number of hydrogen-bond donors (Lipinski definition) is 2. The van der Waals surface area contributed by atoms with Crippen LogP contribution in [0.4, 0.5) is 4.39 Å². The summed E-state index contributed by atoms with van der Waals surface area (Å²) in [6.07, 6.45) is 2.86. The number of nitrogens with two attached hydrogens (primary N) is 1. The molecular formula is C17H27ClFN3O. The third kappa shape index (κ3) is 6.85. The topological polar surface area (TPSA) is 58.4 Å². The van der Waals surface area contributed by atoms with E-state index in [-0.39, 0.29) is 30.2 Å². The number of nitrogens with one attached hydrogen (secondary N) is 1. The molecule has 0 bridgehead atoms. The Hall–Kier alpha value is -1.17. The molecule has 4 nitrogen and oxygen atoms in total. The first-order chi connectivity index (χ1) is 10.5. The summed E-state index contributed by atoms with van der Waals surface area (Å²) >= 11 is 0. The van der Waals surface area contributed by atoms with E-state index in [1.54, 1.807) is 12.1 Å². The van der Waals surface area contributed by atoms with Crippen LogP contribution in [-0.2, 0) is 11.2 Å². The Labute approximate surface area is 144 Å². The molecule has 1 aromatic carbocycles. The number of amides is 1. The molecule has 130 valence electrons. The molecule has 1 amide bonds. The molecule has 0 radical (unpaired) electrons. The molecule has 2 rings (SSSR count). The highest BCUT2D eigenvalue weighted by molar-refractivity contribution is 5.85.